The maximum Gasteiger partial charge on any atom is 0.414 e. The molecule has 0 unspecified atom stereocenters. The minimum Gasteiger partial charge on any atom is -0.383 e. The van der Waals surface area contributed by atoms with E-state index in [-0.39, 0.29) is 0 Å². The number of aromatic nitrogens is 2. The summed E-state index contributed by atoms with van der Waals surface area (Å²) in [6.07, 6.45) is -7.44. The zero-order valence-corrected chi connectivity index (χ0v) is 10.4. The Balaban J connectivity index is 2.96. The monoisotopic (exact) mass is 300 g/mol. The van der Waals surface area contributed by atoms with E-state index in [2.05, 4.69) is 21.0 Å². The predicted octanol–water partition coefficient (Wildman–Crippen LogP) is 2.44. The fourth-order valence-corrected chi connectivity index (χ4v) is 1.81. The lowest BCUT2D eigenvalue weighted by molar-refractivity contribution is -0.203. The smallest absolute Gasteiger partial charge is 0.383 e. The van der Waals surface area contributed by atoms with Crippen molar-refractivity contribution in [2.24, 2.45) is 0 Å². The molecule has 1 N–H and O–H groups in total. The Hall–Kier alpha value is -0.560. The highest BCUT2D eigenvalue weighted by Gasteiger charge is 2.39. The van der Waals surface area contributed by atoms with Crippen molar-refractivity contribution in [1.29, 1.82) is 0 Å². The largest absolute Gasteiger partial charge is 0.414 e. The first-order valence-corrected chi connectivity index (χ1v) is 5.53. The van der Waals surface area contributed by atoms with Gasteiger partial charge in [-0.05, 0) is 29.8 Å². The molecule has 0 aliphatic rings. The van der Waals surface area contributed by atoms with Crippen LogP contribution in [0.15, 0.2) is 4.47 Å². The third-order valence-corrected chi connectivity index (χ3v) is 3.25. The van der Waals surface area contributed by atoms with Crippen LogP contribution in [0.3, 0.4) is 0 Å². The van der Waals surface area contributed by atoms with Gasteiger partial charge >= 0.3 is 6.18 Å². The van der Waals surface area contributed by atoms with E-state index >= 15 is 0 Å². The van der Waals surface area contributed by atoms with Crippen LogP contribution in [0.25, 0.3) is 0 Å². The van der Waals surface area contributed by atoms with Gasteiger partial charge in [0.05, 0.1) is 15.9 Å². The van der Waals surface area contributed by atoms with E-state index in [0.717, 1.165) is 0 Å². The van der Waals surface area contributed by atoms with Crippen molar-refractivity contribution in [2.45, 2.75) is 39.1 Å². The fourth-order valence-electron chi connectivity index (χ4n) is 1.36. The second-order valence-corrected chi connectivity index (χ2v) is 4.22. The molecule has 0 spiro atoms. The topological polar surface area (TPSA) is 38.0 Å². The lowest BCUT2D eigenvalue weighted by Crippen LogP contribution is -2.31. The van der Waals surface area contributed by atoms with E-state index in [1.165, 1.54) is 4.68 Å². The number of hydrogen-bond donors (Lipinski definition) is 1. The molecule has 0 aliphatic heterocycles. The lowest BCUT2D eigenvalue weighted by Gasteiger charge is -2.15. The van der Waals surface area contributed by atoms with Crippen LogP contribution in [0.5, 0.6) is 0 Å². The van der Waals surface area contributed by atoms with Gasteiger partial charge in [0.1, 0.15) is 0 Å². The van der Waals surface area contributed by atoms with Crippen molar-refractivity contribution in [1.82, 2.24) is 9.78 Å². The van der Waals surface area contributed by atoms with E-state index in [1.54, 1.807) is 13.8 Å². The SMILES string of the molecule is CCn1nc(C)c(Br)c1C[C@@H](O)C(F)(F)F. The van der Waals surface area contributed by atoms with Crippen LogP contribution >= 0.6 is 15.9 Å². The first-order valence-electron chi connectivity index (χ1n) is 4.74. The summed E-state index contributed by atoms with van der Waals surface area (Å²) in [5, 5.41) is 13.1. The van der Waals surface area contributed by atoms with Crippen molar-refractivity contribution >= 4 is 15.9 Å². The van der Waals surface area contributed by atoms with Gasteiger partial charge in [-0.25, -0.2) is 0 Å². The zero-order valence-electron chi connectivity index (χ0n) is 8.85. The number of aryl methyl sites for hydroxylation is 2. The van der Waals surface area contributed by atoms with E-state index in [4.69, 9.17) is 5.11 Å². The Morgan fingerprint density at radius 1 is 1.50 bits per heavy atom. The highest BCUT2D eigenvalue weighted by Crippen LogP contribution is 2.27. The fraction of sp³-hybridized carbons (Fsp3) is 0.667. The maximum atomic E-state index is 12.2. The first-order chi connectivity index (χ1) is 7.27. The standard InChI is InChI=1S/C9H12BrF3N2O/c1-3-15-6(8(10)5(2)14-15)4-7(16)9(11,12)13/h7,16H,3-4H2,1-2H3/t7-/m1/s1. The molecular formula is C9H12BrF3N2O. The summed E-state index contributed by atoms with van der Waals surface area (Å²) < 4.78 is 38.6. The highest BCUT2D eigenvalue weighted by atomic mass is 79.9. The van der Waals surface area contributed by atoms with Gasteiger partial charge in [0, 0.05) is 13.0 Å². The van der Waals surface area contributed by atoms with E-state index in [9.17, 15) is 13.2 Å². The van der Waals surface area contributed by atoms with E-state index < -0.39 is 18.7 Å². The van der Waals surface area contributed by atoms with Gasteiger partial charge in [-0.15, -0.1) is 0 Å². The number of halogens is 4. The number of aliphatic hydroxyl groups excluding tert-OH is 1. The van der Waals surface area contributed by atoms with Crippen molar-refractivity contribution < 1.29 is 18.3 Å². The normalized spacial score (nSPS) is 14.2. The van der Waals surface area contributed by atoms with Gasteiger partial charge in [-0.2, -0.15) is 18.3 Å². The van der Waals surface area contributed by atoms with Gasteiger partial charge in [0.25, 0.3) is 0 Å². The molecule has 3 nitrogen and oxygen atoms in total. The molecule has 1 aromatic heterocycles. The summed E-state index contributed by atoms with van der Waals surface area (Å²) in [4.78, 5) is 0. The summed E-state index contributed by atoms with van der Waals surface area (Å²) in [5.74, 6) is 0. The molecule has 0 amide bonds. The van der Waals surface area contributed by atoms with Crippen LogP contribution in [-0.2, 0) is 13.0 Å². The highest BCUT2D eigenvalue weighted by molar-refractivity contribution is 9.10. The van der Waals surface area contributed by atoms with Crippen LogP contribution in [0.2, 0.25) is 0 Å². The summed E-state index contributed by atoms with van der Waals surface area (Å²) in [6, 6.07) is 0. The number of rotatable bonds is 3. The molecule has 1 rings (SSSR count). The summed E-state index contributed by atoms with van der Waals surface area (Å²) in [6.45, 7) is 3.94. The molecule has 7 heteroatoms. The Kier molecular flexibility index (Phi) is 4.01. The quantitative estimate of drug-likeness (QED) is 0.931. The molecule has 92 valence electrons. The van der Waals surface area contributed by atoms with Gasteiger partial charge in [0.2, 0.25) is 0 Å². The molecule has 0 bridgehead atoms. The van der Waals surface area contributed by atoms with Crippen molar-refractivity contribution in [3.63, 3.8) is 0 Å². The Bertz CT molecular complexity index is 376. The summed E-state index contributed by atoms with van der Waals surface area (Å²) in [5.41, 5.74) is 0.982. The molecular weight excluding hydrogens is 289 g/mol. The Morgan fingerprint density at radius 3 is 2.50 bits per heavy atom. The third-order valence-electron chi connectivity index (χ3n) is 2.22. The average molecular weight is 301 g/mol. The molecule has 1 heterocycles. The van der Waals surface area contributed by atoms with Crippen molar-refractivity contribution in [2.75, 3.05) is 0 Å². The number of hydrogen-bond acceptors (Lipinski definition) is 2. The lowest BCUT2D eigenvalue weighted by atomic mass is 10.2. The summed E-state index contributed by atoms with van der Waals surface area (Å²) in [7, 11) is 0. The average Bonchev–Trinajstić information content (AvgIpc) is 2.44. The molecule has 0 radical (unpaired) electrons. The van der Waals surface area contributed by atoms with E-state index in [1.807, 2.05) is 0 Å². The Morgan fingerprint density at radius 2 is 2.06 bits per heavy atom. The molecule has 16 heavy (non-hydrogen) atoms. The number of aliphatic hydroxyl groups is 1. The van der Waals surface area contributed by atoms with Crippen LogP contribution < -0.4 is 0 Å². The number of alkyl halides is 3. The van der Waals surface area contributed by atoms with Crippen molar-refractivity contribution in [3.05, 3.63) is 15.9 Å². The van der Waals surface area contributed by atoms with Crippen LogP contribution in [0, 0.1) is 6.92 Å². The Labute approximate surface area is 99.4 Å². The molecule has 0 saturated heterocycles. The van der Waals surface area contributed by atoms with Gasteiger partial charge in [-0.1, -0.05) is 0 Å². The zero-order chi connectivity index (χ0) is 12.5. The maximum absolute atomic E-state index is 12.2. The van der Waals surface area contributed by atoms with Gasteiger partial charge in [0.15, 0.2) is 6.10 Å². The van der Waals surface area contributed by atoms with Gasteiger partial charge < -0.3 is 5.11 Å². The molecule has 0 aliphatic carbocycles. The first kappa shape index (κ1) is 13.5. The van der Waals surface area contributed by atoms with Gasteiger partial charge in [-0.3, -0.25) is 4.68 Å². The third kappa shape index (κ3) is 2.76. The minimum absolute atomic E-state index is 0.366. The number of nitrogens with zero attached hydrogens (tertiary/aromatic N) is 2. The minimum atomic E-state index is -4.60. The molecule has 0 fully saturated rings. The van der Waals surface area contributed by atoms with Crippen LogP contribution in [0.1, 0.15) is 18.3 Å². The predicted molar refractivity (Wildman–Crippen MR) is 56.1 cm³/mol. The van der Waals surface area contributed by atoms with E-state index in [0.29, 0.717) is 22.4 Å². The molecule has 1 aromatic rings. The molecule has 0 aromatic carbocycles. The second-order valence-electron chi connectivity index (χ2n) is 3.42. The summed E-state index contributed by atoms with van der Waals surface area (Å²) >= 11 is 3.18. The van der Waals surface area contributed by atoms with Crippen LogP contribution in [0.4, 0.5) is 13.2 Å². The van der Waals surface area contributed by atoms with Crippen molar-refractivity contribution in [3.8, 4) is 0 Å². The van der Waals surface area contributed by atoms with Crippen LogP contribution in [-0.4, -0.2) is 27.2 Å². The molecule has 0 saturated carbocycles. The molecule has 1 atom stereocenters. The second kappa shape index (κ2) is 4.75.